The Hall–Kier alpha value is -0.980. The van der Waals surface area contributed by atoms with Gasteiger partial charge in [0.15, 0.2) is 0 Å². The molecule has 2 rings (SSSR count). The normalized spacial score (nSPS) is 34.6. The van der Waals surface area contributed by atoms with Gasteiger partial charge in [-0.1, -0.05) is 30.4 Å². The fourth-order valence-corrected chi connectivity index (χ4v) is 1.87. The van der Waals surface area contributed by atoms with E-state index in [0.29, 0.717) is 11.8 Å². The van der Waals surface area contributed by atoms with E-state index in [0.717, 1.165) is 6.54 Å². The zero-order chi connectivity index (χ0) is 7.84. The van der Waals surface area contributed by atoms with Gasteiger partial charge in [-0.25, -0.2) is 0 Å². The highest BCUT2D eigenvalue weighted by Gasteiger charge is 2.30. The highest BCUT2D eigenvalue weighted by atomic mass is 14.9. The highest BCUT2D eigenvalue weighted by molar-refractivity contribution is 5.30. The lowest BCUT2D eigenvalue weighted by atomic mass is 9.85. The third-order valence-corrected chi connectivity index (χ3v) is 2.65. The summed E-state index contributed by atoms with van der Waals surface area (Å²) in [6, 6.07) is 0. The van der Waals surface area contributed by atoms with E-state index in [1.807, 2.05) is 0 Å². The zero-order valence-corrected chi connectivity index (χ0v) is 6.80. The Balaban J connectivity index is 2.31. The quantitative estimate of drug-likeness (QED) is 0.551. The lowest BCUT2D eigenvalue weighted by molar-refractivity contribution is 0.584. The van der Waals surface area contributed by atoms with Gasteiger partial charge in [0, 0.05) is 24.1 Å². The van der Waals surface area contributed by atoms with E-state index in [1.54, 1.807) is 0 Å². The van der Waals surface area contributed by atoms with Crippen LogP contribution in [0.5, 0.6) is 0 Å². The molecule has 0 spiro atoms. The largest absolute Gasteiger partial charge is 0.388 e. The van der Waals surface area contributed by atoms with Crippen molar-refractivity contribution in [3.8, 4) is 0 Å². The van der Waals surface area contributed by atoms with Crippen LogP contribution >= 0.6 is 0 Å². The van der Waals surface area contributed by atoms with Crippen LogP contribution in [0, 0.1) is 11.8 Å². The van der Waals surface area contributed by atoms with Crippen LogP contribution < -0.4 is 5.32 Å². The summed E-state index contributed by atoms with van der Waals surface area (Å²) < 4.78 is 0. The summed E-state index contributed by atoms with van der Waals surface area (Å²) in [6.07, 6.45) is 6.57. The fraction of sp³-hybridized carbons (Fsp3) is 0.400. The molecule has 0 aromatic heterocycles. The molecule has 0 aromatic carbocycles. The number of hydrogen-bond acceptors (Lipinski definition) is 1. The molecule has 1 heteroatoms. The Kier molecular flexibility index (Phi) is 1.38. The van der Waals surface area contributed by atoms with Crippen molar-refractivity contribution in [3.63, 3.8) is 0 Å². The molecule has 2 aliphatic rings. The van der Waals surface area contributed by atoms with Crippen molar-refractivity contribution in [3.05, 3.63) is 36.1 Å². The van der Waals surface area contributed by atoms with Gasteiger partial charge in [0.25, 0.3) is 0 Å². The van der Waals surface area contributed by atoms with Crippen molar-refractivity contribution in [2.45, 2.75) is 6.92 Å². The molecule has 58 valence electrons. The maximum Gasteiger partial charge on any atom is 0.0246 e. The SMILES string of the molecule is C=C1NCC2C(C)=CC=CC12. The number of hydrogen-bond donors (Lipinski definition) is 1. The Bertz CT molecular complexity index is 248. The maximum absolute atomic E-state index is 3.98. The molecule has 1 aliphatic heterocycles. The van der Waals surface area contributed by atoms with Gasteiger partial charge >= 0.3 is 0 Å². The molecule has 0 bridgehead atoms. The van der Waals surface area contributed by atoms with Gasteiger partial charge in [0.05, 0.1) is 0 Å². The molecule has 1 fully saturated rings. The van der Waals surface area contributed by atoms with Crippen LogP contribution in [0.15, 0.2) is 36.1 Å². The molecule has 1 nitrogen and oxygen atoms in total. The van der Waals surface area contributed by atoms with Crippen LogP contribution in [-0.2, 0) is 0 Å². The average Bonchev–Trinajstić information content (AvgIpc) is 2.35. The minimum absolute atomic E-state index is 0.556. The standard InChI is InChI=1S/C10H13N/c1-7-4-3-5-9-8(2)11-6-10(7)9/h3-5,9-11H,2,6H2,1H3. The molecule has 1 saturated heterocycles. The van der Waals surface area contributed by atoms with Crippen molar-refractivity contribution in [1.82, 2.24) is 5.32 Å². The zero-order valence-electron chi connectivity index (χ0n) is 6.80. The second-order valence-electron chi connectivity index (χ2n) is 3.33. The molecular weight excluding hydrogens is 134 g/mol. The van der Waals surface area contributed by atoms with Crippen molar-refractivity contribution < 1.29 is 0 Å². The lowest BCUT2D eigenvalue weighted by Gasteiger charge is -2.18. The van der Waals surface area contributed by atoms with E-state index >= 15 is 0 Å². The maximum atomic E-state index is 3.98. The van der Waals surface area contributed by atoms with E-state index < -0.39 is 0 Å². The molecule has 2 atom stereocenters. The predicted octanol–water partition coefficient (Wildman–Crippen LogP) is 1.85. The third kappa shape index (κ3) is 0.917. The first-order chi connectivity index (χ1) is 5.29. The molecule has 0 radical (unpaired) electrons. The van der Waals surface area contributed by atoms with Gasteiger partial charge in [-0.15, -0.1) is 0 Å². The fourth-order valence-electron chi connectivity index (χ4n) is 1.87. The second kappa shape index (κ2) is 2.26. The minimum Gasteiger partial charge on any atom is -0.388 e. The molecule has 1 heterocycles. The van der Waals surface area contributed by atoms with Crippen molar-refractivity contribution in [1.29, 1.82) is 0 Å². The first-order valence-electron chi connectivity index (χ1n) is 4.06. The number of allylic oxidation sites excluding steroid dienone is 3. The van der Waals surface area contributed by atoms with E-state index in [9.17, 15) is 0 Å². The van der Waals surface area contributed by atoms with Gasteiger partial charge in [-0.3, -0.25) is 0 Å². The number of nitrogens with one attached hydrogen (secondary N) is 1. The molecule has 0 saturated carbocycles. The summed E-state index contributed by atoms with van der Waals surface area (Å²) >= 11 is 0. The van der Waals surface area contributed by atoms with Crippen LogP contribution in [0.25, 0.3) is 0 Å². The molecule has 0 amide bonds. The molecule has 11 heavy (non-hydrogen) atoms. The summed E-state index contributed by atoms with van der Waals surface area (Å²) in [5, 5.41) is 3.31. The van der Waals surface area contributed by atoms with E-state index in [-0.39, 0.29) is 0 Å². The third-order valence-electron chi connectivity index (χ3n) is 2.65. The molecule has 2 unspecified atom stereocenters. The summed E-state index contributed by atoms with van der Waals surface area (Å²) in [5.74, 6) is 1.23. The van der Waals surface area contributed by atoms with Gasteiger partial charge in [0.1, 0.15) is 0 Å². The first kappa shape index (κ1) is 6.71. The van der Waals surface area contributed by atoms with Crippen LogP contribution in [0.1, 0.15) is 6.92 Å². The van der Waals surface area contributed by atoms with Crippen LogP contribution in [0.3, 0.4) is 0 Å². The Labute approximate surface area is 67.5 Å². The van der Waals surface area contributed by atoms with E-state index in [2.05, 4.69) is 37.0 Å². The van der Waals surface area contributed by atoms with Gasteiger partial charge in [-0.05, 0) is 6.92 Å². The summed E-state index contributed by atoms with van der Waals surface area (Å²) in [4.78, 5) is 0. The molecule has 1 aliphatic carbocycles. The van der Waals surface area contributed by atoms with Crippen molar-refractivity contribution in [2.75, 3.05) is 6.54 Å². The summed E-state index contributed by atoms with van der Waals surface area (Å²) in [5.41, 5.74) is 2.65. The Morgan fingerprint density at radius 1 is 1.64 bits per heavy atom. The molecular formula is C10H13N. The monoisotopic (exact) mass is 147 g/mol. The average molecular weight is 147 g/mol. The van der Waals surface area contributed by atoms with Gasteiger partial charge in [-0.2, -0.15) is 0 Å². The van der Waals surface area contributed by atoms with Crippen molar-refractivity contribution >= 4 is 0 Å². The van der Waals surface area contributed by atoms with Gasteiger partial charge < -0.3 is 5.32 Å². The summed E-state index contributed by atoms with van der Waals surface area (Å²) in [7, 11) is 0. The number of fused-ring (bicyclic) bond motifs is 1. The van der Waals surface area contributed by atoms with Crippen LogP contribution in [-0.4, -0.2) is 6.54 Å². The molecule has 1 N–H and O–H groups in total. The topological polar surface area (TPSA) is 12.0 Å². The number of rotatable bonds is 0. The van der Waals surface area contributed by atoms with Crippen LogP contribution in [0.2, 0.25) is 0 Å². The second-order valence-corrected chi connectivity index (χ2v) is 3.33. The lowest BCUT2D eigenvalue weighted by Crippen LogP contribution is -2.13. The minimum atomic E-state index is 0.556. The Morgan fingerprint density at radius 2 is 2.45 bits per heavy atom. The smallest absolute Gasteiger partial charge is 0.0246 e. The van der Waals surface area contributed by atoms with Crippen molar-refractivity contribution in [2.24, 2.45) is 11.8 Å². The first-order valence-corrected chi connectivity index (χ1v) is 4.06. The van der Waals surface area contributed by atoms with Crippen LogP contribution in [0.4, 0.5) is 0 Å². The Morgan fingerprint density at radius 3 is 3.18 bits per heavy atom. The van der Waals surface area contributed by atoms with E-state index in [1.165, 1.54) is 11.3 Å². The molecule has 0 aromatic rings. The predicted molar refractivity (Wildman–Crippen MR) is 47.0 cm³/mol. The van der Waals surface area contributed by atoms with Gasteiger partial charge in [0.2, 0.25) is 0 Å². The summed E-state index contributed by atoms with van der Waals surface area (Å²) in [6.45, 7) is 7.24. The van der Waals surface area contributed by atoms with E-state index in [4.69, 9.17) is 0 Å². The highest BCUT2D eigenvalue weighted by Crippen LogP contribution is 2.33.